The quantitative estimate of drug-likeness (QED) is 0.670. The Kier molecular flexibility index (Phi) is 5.56. The fourth-order valence-electron chi connectivity index (χ4n) is 1.68. The second-order valence-electron chi connectivity index (χ2n) is 4.43. The maximum Gasteiger partial charge on any atom is 0.0118 e. The van der Waals surface area contributed by atoms with Crippen LogP contribution in [-0.2, 0) is 0 Å². The molecular weight excluding hydrogens is 146 g/mol. The molecule has 74 valence electrons. The van der Waals surface area contributed by atoms with Crippen LogP contribution in [0.5, 0.6) is 0 Å². The second kappa shape index (κ2) is 5.58. The summed E-state index contributed by atoms with van der Waals surface area (Å²) in [5, 5.41) is 3.56. The van der Waals surface area contributed by atoms with E-state index in [1.165, 1.54) is 0 Å². The van der Waals surface area contributed by atoms with Gasteiger partial charge in [0.05, 0.1) is 0 Å². The summed E-state index contributed by atoms with van der Waals surface area (Å²) in [7, 11) is 0. The zero-order chi connectivity index (χ0) is 9.72. The molecule has 0 aromatic rings. The van der Waals surface area contributed by atoms with Crippen LogP contribution in [0.4, 0.5) is 0 Å². The van der Waals surface area contributed by atoms with E-state index in [0.717, 1.165) is 24.3 Å². The molecule has 1 heteroatoms. The molecule has 2 atom stereocenters. The van der Waals surface area contributed by atoms with Crippen molar-refractivity contribution in [2.45, 2.75) is 47.6 Å². The molecule has 0 aromatic heterocycles. The molecule has 1 nitrogen and oxygen atoms in total. The highest BCUT2D eigenvalue weighted by atomic mass is 14.9. The number of hydrogen-bond acceptors (Lipinski definition) is 1. The second-order valence-corrected chi connectivity index (χ2v) is 4.43. The minimum absolute atomic E-state index is 0.676. The van der Waals surface area contributed by atoms with Gasteiger partial charge in [-0.25, -0.2) is 0 Å². The summed E-state index contributed by atoms with van der Waals surface area (Å²) in [6, 6.07) is 0.676. The molecule has 2 unspecified atom stereocenters. The van der Waals surface area contributed by atoms with Crippen LogP contribution in [0.15, 0.2) is 0 Å². The fraction of sp³-hybridized carbons (Fsp3) is 1.00. The SMILES string of the molecule is CCNC(C(C)C)C(C)C(C)C. The summed E-state index contributed by atoms with van der Waals surface area (Å²) >= 11 is 0. The van der Waals surface area contributed by atoms with E-state index in [0.29, 0.717) is 6.04 Å². The Morgan fingerprint density at radius 2 is 1.42 bits per heavy atom. The summed E-state index contributed by atoms with van der Waals surface area (Å²) in [5.74, 6) is 2.28. The standard InChI is InChI=1S/C11H25N/c1-7-12-11(9(4)5)10(6)8(2)3/h8-12H,7H2,1-6H3. The van der Waals surface area contributed by atoms with E-state index in [9.17, 15) is 0 Å². The van der Waals surface area contributed by atoms with Crippen LogP contribution in [0, 0.1) is 17.8 Å². The zero-order valence-electron chi connectivity index (χ0n) is 9.52. The average Bonchev–Trinajstić information content (AvgIpc) is 1.98. The van der Waals surface area contributed by atoms with Crippen LogP contribution in [-0.4, -0.2) is 12.6 Å². The van der Waals surface area contributed by atoms with Crippen molar-refractivity contribution < 1.29 is 0 Å². The van der Waals surface area contributed by atoms with Gasteiger partial charge in [-0.1, -0.05) is 41.5 Å². The molecule has 0 aromatic carbocycles. The first-order valence-electron chi connectivity index (χ1n) is 5.24. The van der Waals surface area contributed by atoms with E-state index >= 15 is 0 Å². The normalized spacial score (nSPS) is 17.0. The fourth-order valence-corrected chi connectivity index (χ4v) is 1.68. The molecule has 0 heterocycles. The van der Waals surface area contributed by atoms with Crippen LogP contribution in [0.3, 0.4) is 0 Å². The zero-order valence-corrected chi connectivity index (χ0v) is 9.52. The first-order valence-corrected chi connectivity index (χ1v) is 5.24. The van der Waals surface area contributed by atoms with E-state index < -0.39 is 0 Å². The molecule has 1 N–H and O–H groups in total. The molecule has 0 spiro atoms. The lowest BCUT2D eigenvalue weighted by Crippen LogP contribution is -2.41. The Balaban J connectivity index is 4.09. The highest BCUT2D eigenvalue weighted by Crippen LogP contribution is 2.19. The highest BCUT2D eigenvalue weighted by Gasteiger charge is 2.21. The van der Waals surface area contributed by atoms with Crippen LogP contribution in [0.1, 0.15) is 41.5 Å². The van der Waals surface area contributed by atoms with Crippen LogP contribution in [0.2, 0.25) is 0 Å². The van der Waals surface area contributed by atoms with E-state index in [1.54, 1.807) is 0 Å². The van der Waals surface area contributed by atoms with Gasteiger partial charge in [-0.2, -0.15) is 0 Å². The molecule has 0 rings (SSSR count). The van der Waals surface area contributed by atoms with Gasteiger partial charge in [-0.15, -0.1) is 0 Å². The summed E-state index contributed by atoms with van der Waals surface area (Å²) in [4.78, 5) is 0. The van der Waals surface area contributed by atoms with Crippen molar-refractivity contribution in [2.75, 3.05) is 6.54 Å². The van der Waals surface area contributed by atoms with E-state index in [1.807, 2.05) is 0 Å². The molecule has 0 radical (unpaired) electrons. The van der Waals surface area contributed by atoms with Crippen molar-refractivity contribution >= 4 is 0 Å². The minimum atomic E-state index is 0.676. The van der Waals surface area contributed by atoms with Gasteiger partial charge in [0.2, 0.25) is 0 Å². The molecule has 0 aliphatic heterocycles. The third-order valence-corrected chi connectivity index (χ3v) is 2.78. The molecule has 0 bridgehead atoms. The van der Waals surface area contributed by atoms with Crippen LogP contribution < -0.4 is 5.32 Å². The van der Waals surface area contributed by atoms with Gasteiger partial charge in [-0.05, 0) is 24.3 Å². The third-order valence-electron chi connectivity index (χ3n) is 2.78. The van der Waals surface area contributed by atoms with E-state index in [-0.39, 0.29) is 0 Å². The summed E-state index contributed by atoms with van der Waals surface area (Å²) in [6.45, 7) is 14.8. The minimum Gasteiger partial charge on any atom is -0.314 e. The predicted molar refractivity (Wildman–Crippen MR) is 56.3 cm³/mol. The van der Waals surface area contributed by atoms with Crippen LogP contribution in [0.25, 0.3) is 0 Å². The van der Waals surface area contributed by atoms with Crippen molar-refractivity contribution in [1.82, 2.24) is 5.32 Å². The first-order chi connectivity index (χ1) is 5.50. The van der Waals surface area contributed by atoms with Crippen LogP contribution >= 0.6 is 0 Å². The number of rotatable bonds is 5. The Morgan fingerprint density at radius 3 is 1.67 bits per heavy atom. The number of nitrogens with one attached hydrogen (secondary N) is 1. The Bertz CT molecular complexity index is 108. The molecule has 0 amide bonds. The predicted octanol–water partition coefficient (Wildman–Crippen LogP) is 2.91. The number of hydrogen-bond donors (Lipinski definition) is 1. The van der Waals surface area contributed by atoms with Gasteiger partial charge in [0.1, 0.15) is 0 Å². The topological polar surface area (TPSA) is 12.0 Å². The van der Waals surface area contributed by atoms with Gasteiger partial charge in [-0.3, -0.25) is 0 Å². The van der Waals surface area contributed by atoms with Crippen molar-refractivity contribution in [1.29, 1.82) is 0 Å². The van der Waals surface area contributed by atoms with Gasteiger partial charge in [0, 0.05) is 6.04 Å². The van der Waals surface area contributed by atoms with Crippen molar-refractivity contribution in [3.8, 4) is 0 Å². The monoisotopic (exact) mass is 171 g/mol. The Labute approximate surface area is 77.9 Å². The molecule has 12 heavy (non-hydrogen) atoms. The summed E-state index contributed by atoms with van der Waals surface area (Å²) in [6.07, 6.45) is 0. The van der Waals surface area contributed by atoms with E-state index in [2.05, 4.69) is 46.9 Å². The van der Waals surface area contributed by atoms with Crippen molar-refractivity contribution in [3.05, 3.63) is 0 Å². The van der Waals surface area contributed by atoms with Crippen molar-refractivity contribution in [2.24, 2.45) is 17.8 Å². The molecule has 0 aliphatic rings. The lowest BCUT2D eigenvalue weighted by Gasteiger charge is -2.30. The lowest BCUT2D eigenvalue weighted by molar-refractivity contribution is 0.247. The van der Waals surface area contributed by atoms with Gasteiger partial charge in [0.25, 0.3) is 0 Å². The Morgan fingerprint density at radius 1 is 0.917 bits per heavy atom. The van der Waals surface area contributed by atoms with Crippen molar-refractivity contribution in [3.63, 3.8) is 0 Å². The smallest absolute Gasteiger partial charge is 0.0118 e. The molecule has 0 saturated carbocycles. The summed E-state index contributed by atoms with van der Waals surface area (Å²) in [5.41, 5.74) is 0. The molecule has 0 fully saturated rings. The highest BCUT2D eigenvalue weighted by molar-refractivity contribution is 4.77. The maximum atomic E-state index is 3.56. The third kappa shape index (κ3) is 3.57. The van der Waals surface area contributed by atoms with Gasteiger partial charge >= 0.3 is 0 Å². The van der Waals surface area contributed by atoms with E-state index in [4.69, 9.17) is 0 Å². The maximum absolute atomic E-state index is 3.56. The molecule has 0 saturated heterocycles. The van der Waals surface area contributed by atoms with Gasteiger partial charge < -0.3 is 5.32 Å². The molecular formula is C11H25N. The largest absolute Gasteiger partial charge is 0.314 e. The Hall–Kier alpha value is -0.0400. The summed E-state index contributed by atoms with van der Waals surface area (Å²) < 4.78 is 0. The average molecular weight is 171 g/mol. The molecule has 0 aliphatic carbocycles. The lowest BCUT2D eigenvalue weighted by atomic mass is 9.84. The first kappa shape index (κ1) is 12.0. The van der Waals surface area contributed by atoms with Gasteiger partial charge in [0.15, 0.2) is 0 Å².